The summed E-state index contributed by atoms with van der Waals surface area (Å²) in [5.41, 5.74) is 4.00. The van der Waals surface area contributed by atoms with Gasteiger partial charge < -0.3 is 0 Å². The van der Waals surface area contributed by atoms with E-state index in [0.29, 0.717) is 0 Å². The Bertz CT molecular complexity index is 362. The Hall–Kier alpha value is -0.670. The first kappa shape index (κ1) is 8.91. The van der Waals surface area contributed by atoms with Crippen molar-refractivity contribution >= 4 is 11.0 Å². The van der Waals surface area contributed by atoms with Gasteiger partial charge in [0, 0.05) is 19.3 Å². The van der Waals surface area contributed by atoms with Crippen molar-refractivity contribution in [3.05, 3.63) is 34.9 Å². The van der Waals surface area contributed by atoms with E-state index >= 15 is 0 Å². The average Bonchev–Trinajstić information content (AvgIpc) is 2.49. The van der Waals surface area contributed by atoms with Gasteiger partial charge >= 0.3 is 0 Å². The molecule has 1 atom stereocenters. The second-order valence-corrected chi connectivity index (χ2v) is 4.80. The molecule has 2 rings (SSSR count). The van der Waals surface area contributed by atoms with Gasteiger partial charge in [0.15, 0.2) is 0 Å². The fraction of sp³-hybridized carbons (Fsp3) is 0.400. The molecule has 0 radical (unpaired) electrons. The molecule has 2 nitrogen and oxygen atoms in total. The maximum Gasteiger partial charge on any atom is 0.0917 e. The van der Waals surface area contributed by atoms with Crippen LogP contribution in [0, 0.1) is 6.92 Å². The zero-order valence-corrected chi connectivity index (χ0v) is 8.73. The van der Waals surface area contributed by atoms with Gasteiger partial charge in [-0.15, -0.1) is 0 Å². The van der Waals surface area contributed by atoms with Gasteiger partial charge in [0.1, 0.15) is 0 Å². The predicted molar refractivity (Wildman–Crippen MR) is 54.5 cm³/mol. The summed E-state index contributed by atoms with van der Waals surface area (Å²) < 4.78 is 13.2. The van der Waals surface area contributed by atoms with E-state index in [-0.39, 0.29) is 0 Å². The quantitative estimate of drug-likeness (QED) is 0.666. The fourth-order valence-electron chi connectivity index (χ4n) is 1.74. The molecule has 1 aromatic rings. The second-order valence-electron chi connectivity index (χ2n) is 3.43. The molecule has 1 unspecified atom stereocenters. The molecule has 0 saturated carbocycles. The van der Waals surface area contributed by atoms with E-state index < -0.39 is 11.0 Å². The molecule has 70 valence electrons. The van der Waals surface area contributed by atoms with Gasteiger partial charge in [-0.25, -0.2) is 8.51 Å². The maximum atomic E-state index is 11.3. The topological polar surface area (TPSA) is 20.3 Å². The smallest absolute Gasteiger partial charge is 0.0917 e. The SMILES string of the molecule is Cc1cccc2c1CN(S(C)=O)C2. The van der Waals surface area contributed by atoms with Crippen LogP contribution in [0.2, 0.25) is 0 Å². The number of aryl methyl sites for hydroxylation is 1. The number of fused-ring (bicyclic) bond motifs is 1. The van der Waals surface area contributed by atoms with Crippen molar-refractivity contribution in [1.29, 1.82) is 0 Å². The van der Waals surface area contributed by atoms with E-state index in [1.165, 1.54) is 16.7 Å². The monoisotopic (exact) mass is 195 g/mol. The first-order chi connectivity index (χ1) is 6.18. The summed E-state index contributed by atoms with van der Waals surface area (Å²) in [6.45, 7) is 3.78. The molecule has 0 N–H and O–H groups in total. The molecule has 1 aliphatic heterocycles. The van der Waals surface area contributed by atoms with E-state index in [2.05, 4.69) is 25.1 Å². The van der Waals surface area contributed by atoms with Crippen LogP contribution in [-0.2, 0) is 24.1 Å². The van der Waals surface area contributed by atoms with Crippen LogP contribution < -0.4 is 0 Å². The van der Waals surface area contributed by atoms with Crippen LogP contribution in [0.1, 0.15) is 16.7 Å². The largest absolute Gasteiger partial charge is 0.243 e. The zero-order valence-electron chi connectivity index (χ0n) is 7.91. The molecule has 1 aliphatic rings. The number of hydrogen-bond donors (Lipinski definition) is 0. The van der Waals surface area contributed by atoms with E-state index in [4.69, 9.17) is 0 Å². The molecule has 3 heteroatoms. The molecule has 0 fully saturated rings. The average molecular weight is 195 g/mol. The van der Waals surface area contributed by atoms with Crippen LogP contribution in [0.25, 0.3) is 0 Å². The number of nitrogens with zero attached hydrogens (tertiary/aromatic N) is 1. The Kier molecular flexibility index (Phi) is 2.22. The predicted octanol–water partition coefficient (Wildman–Crippen LogP) is 1.60. The standard InChI is InChI=1S/C10H13NOS/c1-8-4-3-5-9-6-11(13(2)12)7-10(8)9/h3-5H,6-7H2,1-2H3. The molecule has 0 bridgehead atoms. The highest BCUT2D eigenvalue weighted by atomic mass is 32.2. The van der Waals surface area contributed by atoms with Crippen molar-refractivity contribution in [1.82, 2.24) is 4.31 Å². The summed E-state index contributed by atoms with van der Waals surface area (Å²) in [7, 11) is -0.842. The lowest BCUT2D eigenvalue weighted by Crippen LogP contribution is -2.17. The third-order valence-electron chi connectivity index (χ3n) is 2.55. The van der Waals surface area contributed by atoms with Gasteiger partial charge in [-0.3, -0.25) is 0 Å². The van der Waals surface area contributed by atoms with Crippen molar-refractivity contribution in [3.8, 4) is 0 Å². The summed E-state index contributed by atoms with van der Waals surface area (Å²) in [6.07, 6.45) is 1.74. The lowest BCUT2D eigenvalue weighted by atomic mass is 10.1. The highest BCUT2D eigenvalue weighted by Gasteiger charge is 2.21. The minimum absolute atomic E-state index is 0.833. The van der Waals surface area contributed by atoms with Crippen molar-refractivity contribution in [3.63, 3.8) is 0 Å². The molecule has 1 heterocycles. The summed E-state index contributed by atoms with van der Waals surface area (Å²) in [5, 5.41) is 0. The van der Waals surface area contributed by atoms with E-state index in [1.807, 2.05) is 4.31 Å². The van der Waals surface area contributed by atoms with E-state index in [1.54, 1.807) is 6.26 Å². The fourth-order valence-corrected chi connectivity index (χ4v) is 2.37. The summed E-state index contributed by atoms with van der Waals surface area (Å²) in [4.78, 5) is 0. The molecular formula is C10H13NOS. The van der Waals surface area contributed by atoms with Gasteiger partial charge in [-0.1, -0.05) is 18.2 Å². The number of rotatable bonds is 1. The first-order valence-electron chi connectivity index (χ1n) is 4.34. The molecule has 0 saturated heterocycles. The second kappa shape index (κ2) is 3.24. The Morgan fingerprint density at radius 1 is 1.38 bits per heavy atom. The molecule has 1 aromatic carbocycles. The first-order valence-corrected chi connectivity index (χ1v) is 5.86. The van der Waals surface area contributed by atoms with Crippen LogP contribution in [0.5, 0.6) is 0 Å². The van der Waals surface area contributed by atoms with Crippen molar-refractivity contribution < 1.29 is 4.21 Å². The summed E-state index contributed by atoms with van der Waals surface area (Å²) >= 11 is 0. The van der Waals surface area contributed by atoms with Gasteiger partial charge in [0.2, 0.25) is 0 Å². The van der Waals surface area contributed by atoms with Crippen molar-refractivity contribution in [2.24, 2.45) is 0 Å². The van der Waals surface area contributed by atoms with Crippen LogP contribution in [0.15, 0.2) is 18.2 Å². The molecular weight excluding hydrogens is 182 g/mol. The summed E-state index contributed by atoms with van der Waals surface area (Å²) in [5.74, 6) is 0. The molecule has 0 aliphatic carbocycles. The number of benzene rings is 1. The number of hydrogen-bond acceptors (Lipinski definition) is 1. The van der Waals surface area contributed by atoms with Crippen molar-refractivity contribution in [2.45, 2.75) is 20.0 Å². The van der Waals surface area contributed by atoms with Crippen LogP contribution in [-0.4, -0.2) is 14.8 Å². The lowest BCUT2D eigenvalue weighted by Gasteiger charge is -2.08. The third-order valence-corrected chi connectivity index (χ3v) is 3.54. The van der Waals surface area contributed by atoms with E-state index in [0.717, 1.165) is 13.1 Å². The molecule has 0 aromatic heterocycles. The molecule has 13 heavy (non-hydrogen) atoms. The van der Waals surface area contributed by atoms with Gasteiger partial charge in [0.05, 0.1) is 11.0 Å². The maximum absolute atomic E-state index is 11.3. The van der Waals surface area contributed by atoms with E-state index in [9.17, 15) is 4.21 Å². The highest BCUT2D eigenvalue weighted by molar-refractivity contribution is 7.81. The van der Waals surface area contributed by atoms with Crippen LogP contribution in [0.3, 0.4) is 0 Å². The summed E-state index contributed by atoms with van der Waals surface area (Å²) in [6, 6.07) is 6.30. The zero-order chi connectivity index (χ0) is 9.42. The van der Waals surface area contributed by atoms with Gasteiger partial charge in [0.25, 0.3) is 0 Å². The minimum Gasteiger partial charge on any atom is -0.243 e. The molecule has 0 spiro atoms. The third kappa shape index (κ3) is 1.54. The molecule has 0 amide bonds. The Morgan fingerprint density at radius 3 is 2.77 bits per heavy atom. The Morgan fingerprint density at radius 2 is 2.15 bits per heavy atom. The van der Waals surface area contributed by atoms with Gasteiger partial charge in [-0.2, -0.15) is 0 Å². The lowest BCUT2D eigenvalue weighted by molar-refractivity contribution is 0.477. The van der Waals surface area contributed by atoms with Crippen LogP contribution in [0.4, 0.5) is 0 Å². The minimum atomic E-state index is -0.842. The normalized spacial score (nSPS) is 18.6. The van der Waals surface area contributed by atoms with Crippen LogP contribution >= 0.6 is 0 Å². The Balaban J connectivity index is 2.35. The van der Waals surface area contributed by atoms with Crippen molar-refractivity contribution in [2.75, 3.05) is 6.26 Å². The highest BCUT2D eigenvalue weighted by Crippen LogP contribution is 2.25. The Labute approximate surface area is 81.2 Å². The van der Waals surface area contributed by atoms with Gasteiger partial charge in [-0.05, 0) is 23.6 Å².